The number of carbonyl (C=O) groups is 2. The highest BCUT2D eigenvalue weighted by Gasteiger charge is 2.43. The maximum atomic E-state index is 13.2. The first-order valence-electron chi connectivity index (χ1n) is 12.3. The minimum absolute atomic E-state index is 0.129. The van der Waals surface area contributed by atoms with Crippen LogP contribution in [0.25, 0.3) is 0 Å². The molecule has 0 aliphatic carbocycles. The van der Waals surface area contributed by atoms with Crippen LogP contribution in [-0.4, -0.2) is 62.7 Å². The third kappa shape index (κ3) is 5.53. The Balaban J connectivity index is 1.31. The second kappa shape index (κ2) is 11.4. The Morgan fingerprint density at radius 2 is 1.47 bits per heavy atom. The standard InChI is InChI=1S/C27H35N3O4/c1-3-4-5-6-19-34-24-13-9-22(10-14-24)30-26(31)20-25(27(30)32)29-17-15-28(16-18-29)21-7-11-23(33-2)12-8-21/h7-14,25H,3-6,15-20H2,1-2H3/t25-/m0/s1. The smallest absolute Gasteiger partial charge is 0.251 e. The summed E-state index contributed by atoms with van der Waals surface area (Å²) in [6, 6.07) is 14.9. The number of ether oxygens (including phenoxy) is 2. The van der Waals surface area contributed by atoms with E-state index < -0.39 is 0 Å². The van der Waals surface area contributed by atoms with E-state index in [0.29, 0.717) is 12.3 Å². The fourth-order valence-electron chi connectivity index (χ4n) is 4.67. The number of piperazine rings is 1. The number of benzene rings is 2. The van der Waals surface area contributed by atoms with Gasteiger partial charge in [-0.25, -0.2) is 4.90 Å². The van der Waals surface area contributed by atoms with Crippen molar-refractivity contribution in [2.24, 2.45) is 0 Å². The number of imide groups is 1. The van der Waals surface area contributed by atoms with Crippen molar-refractivity contribution in [1.29, 1.82) is 0 Å². The summed E-state index contributed by atoms with van der Waals surface area (Å²) in [5, 5.41) is 0. The number of hydrogen-bond acceptors (Lipinski definition) is 6. The summed E-state index contributed by atoms with van der Waals surface area (Å²) in [6.45, 7) is 5.99. The van der Waals surface area contributed by atoms with Gasteiger partial charge < -0.3 is 14.4 Å². The molecule has 0 aromatic heterocycles. The molecule has 2 amide bonds. The lowest BCUT2D eigenvalue weighted by Gasteiger charge is -2.38. The van der Waals surface area contributed by atoms with Crippen LogP contribution in [0.1, 0.15) is 39.0 Å². The Kier molecular flexibility index (Phi) is 8.06. The second-order valence-electron chi connectivity index (χ2n) is 8.91. The SMILES string of the molecule is CCCCCCOc1ccc(N2C(=O)C[C@H](N3CCN(c4ccc(OC)cc4)CC3)C2=O)cc1. The van der Waals surface area contributed by atoms with Gasteiger partial charge in [0.15, 0.2) is 0 Å². The van der Waals surface area contributed by atoms with Crippen LogP contribution in [0.15, 0.2) is 48.5 Å². The van der Waals surface area contributed by atoms with Gasteiger partial charge in [0.2, 0.25) is 5.91 Å². The number of amides is 2. The molecule has 2 aliphatic rings. The molecule has 0 spiro atoms. The number of rotatable bonds is 10. The molecule has 1 atom stereocenters. The van der Waals surface area contributed by atoms with Crippen LogP contribution >= 0.6 is 0 Å². The predicted molar refractivity (Wildman–Crippen MR) is 134 cm³/mol. The van der Waals surface area contributed by atoms with E-state index in [0.717, 1.165) is 49.8 Å². The van der Waals surface area contributed by atoms with E-state index in [1.54, 1.807) is 19.2 Å². The van der Waals surface area contributed by atoms with Gasteiger partial charge in [-0.1, -0.05) is 26.2 Å². The van der Waals surface area contributed by atoms with Crippen molar-refractivity contribution in [1.82, 2.24) is 4.90 Å². The molecule has 4 rings (SSSR count). The van der Waals surface area contributed by atoms with E-state index in [4.69, 9.17) is 9.47 Å². The maximum Gasteiger partial charge on any atom is 0.251 e. The molecule has 7 heteroatoms. The fourth-order valence-corrected chi connectivity index (χ4v) is 4.67. The third-order valence-corrected chi connectivity index (χ3v) is 6.68. The van der Waals surface area contributed by atoms with Crippen molar-refractivity contribution in [3.05, 3.63) is 48.5 Å². The van der Waals surface area contributed by atoms with E-state index in [1.807, 2.05) is 24.3 Å². The van der Waals surface area contributed by atoms with Crippen molar-refractivity contribution >= 4 is 23.2 Å². The third-order valence-electron chi connectivity index (χ3n) is 6.68. The van der Waals surface area contributed by atoms with Gasteiger partial charge in [-0.3, -0.25) is 14.5 Å². The van der Waals surface area contributed by atoms with Gasteiger partial charge in [0, 0.05) is 31.9 Å². The van der Waals surface area contributed by atoms with E-state index in [1.165, 1.54) is 24.2 Å². The van der Waals surface area contributed by atoms with Gasteiger partial charge in [0.1, 0.15) is 11.5 Å². The lowest BCUT2D eigenvalue weighted by Crippen LogP contribution is -2.52. The molecular formula is C27H35N3O4. The summed E-state index contributed by atoms with van der Waals surface area (Å²) in [7, 11) is 1.66. The second-order valence-corrected chi connectivity index (χ2v) is 8.91. The van der Waals surface area contributed by atoms with Crippen LogP contribution in [0, 0.1) is 0 Å². The topological polar surface area (TPSA) is 62.3 Å². The van der Waals surface area contributed by atoms with Crippen LogP contribution in [0.4, 0.5) is 11.4 Å². The Bertz CT molecular complexity index is 953. The average molecular weight is 466 g/mol. The van der Waals surface area contributed by atoms with Crippen molar-refractivity contribution in [2.75, 3.05) is 49.7 Å². The molecule has 0 bridgehead atoms. The Labute approximate surface area is 202 Å². The van der Waals surface area contributed by atoms with Gasteiger partial charge in [-0.05, 0) is 55.0 Å². The molecule has 0 N–H and O–H groups in total. The average Bonchev–Trinajstić information content (AvgIpc) is 3.18. The zero-order valence-corrected chi connectivity index (χ0v) is 20.2. The van der Waals surface area contributed by atoms with Crippen molar-refractivity contribution in [3.8, 4) is 11.5 Å². The summed E-state index contributed by atoms with van der Waals surface area (Å²) in [5.41, 5.74) is 1.76. The molecule has 182 valence electrons. The molecule has 0 unspecified atom stereocenters. The fraction of sp³-hybridized carbons (Fsp3) is 0.481. The molecule has 0 radical (unpaired) electrons. The minimum atomic E-state index is -0.389. The lowest BCUT2D eigenvalue weighted by atomic mass is 10.1. The largest absolute Gasteiger partial charge is 0.497 e. The highest BCUT2D eigenvalue weighted by molar-refractivity contribution is 6.22. The van der Waals surface area contributed by atoms with Crippen molar-refractivity contribution in [2.45, 2.75) is 45.1 Å². The monoisotopic (exact) mass is 465 g/mol. The number of carbonyl (C=O) groups excluding carboxylic acids is 2. The predicted octanol–water partition coefficient (Wildman–Crippen LogP) is 4.11. The van der Waals surface area contributed by atoms with Gasteiger partial charge >= 0.3 is 0 Å². The quantitative estimate of drug-likeness (QED) is 0.389. The molecule has 34 heavy (non-hydrogen) atoms. The normalized spacial score (nSPS) is 19.1. The number of anilines is 2. The van der Waals surface area contributed by atoms with E-state index >= 15 is 0 Å². The maximum absolute atomic E-state index is 13.2. The van der Waals surface area contributed by atoms with E-state index in [-0.39, 0.29) is 24.3 Å². The van der Waals surface area contributed by atoms with Crippen LogP contribution in [0.2, 0.25) is 0 Å². The van der Waals surface area contributed by atoms with Crippen LogP contribution in [0.3, 0.4) is 0 Å². The number of hydrogen-bond donors (Lipinski definition) is 0. The first-order chi connectivity index (χ1) is 16.6. The molecule has 2 saturated heterocycles. The molecular weight excluding hydrogens is 430 g/mol. The summed E-state index contributed by atoms with van der Waals surface area (Å²) in [5.74, 6) is 1.34. The molecule has 7 nitrogen and oxygen atoms in total. The number of unbranched alkanes of at least 4 members (excludes halogenated alkanes) is 3. The highest BCUT2D eigenvalue weighted by Crippen LogP contribution is 2.29. The molecule has 2 aromatic rings. The van der Waals surface area contributed by atoms with Crippen LogP contribution < -0.4 is 19.3 Å². The first kappa shape index (κ1) is 24.1. The molecule has 2 aliphatic heterocycles. The zero-order valence-electron chi connectivity index (χ0n) is 20.2. The van der Waals surface area contributed by atoms with Gasteiger partial charge in [-0.2, -0.15) is 0 Å². The summed E-state index contributed by atoms with van der Waals surface area (Å²) in [6.07, 6.45) is 4.86. The van der Waals surface area contributed by atoms with Gasteiger partial charge in [-0.15, -0.1) is 0 Å². The van der Waals surface area contributed by atoms with Gasteiger partial charge in [0.05, 0.1) is 31.9 Å². The highest BCUT2D eigenvalue weighted by atomic mass is 16.5. The Morgan fingerprint density at radius 3 is 2.12 bits per heavy atom. The summed E-state index contributed by atoms with van der Waals surface area (Å²) in [4.78, 5) is 31.8. The number of nitrogens with zero attached hydrogens (tertiary/aromatic N) is 3. The van der Waals surface area contributed by atoms with Gasteiger partial charge in [0.25, 0.3) is 5.91 Å². The van der Waals surface area contributed by atoms with Crippen molar-refractivity contribution < 1.29 is 19.1 Å². The molecule has 2 heterocycles. The van der Waals surface area contributed by atoms with E-state index in [2.05, 4.69) is 28.9 Å². The zero-order chi connectivity index (χ0) is 23.9. The Morgan fingerprint density at radius 1 is 0.824 bits per heavy atom. The lowest BCUT2D eigenvalue weighted by molar-refractivity contribution is -0.123. The molecule has 2 aromatic carbocycles. The number of methoxy groups -OCH3 is 1. The minimum Gasteiger partial charge on any atom is -0.497 e. The Hall–Kier alpha value is -3.06. The van der Waals surface area contributed by atoms with Crippen molar-refractivity contribution in [3.63, 3.8) is 0 Å². The summed E-state index contributed by atoms with van der Waals surface area (Å²) >= 11 is 0. The van der Waals surface area contributed by atoms with E-state index in [9.17, 15) is 9.59 Å². The van der Waals surface area contributed by atoms with Crippen LogP contribution in [-0.2, 0) is 9.59 Å². The van der Waals surface area contributed by atoms with Crippen LogP contribution in [0.5, 0.6) is 11.5 Å². The molecule has 0 saturated carbocycles. The summed E-state index contributed by atoms with van der Waals surface area (Å²) < 4.78 is 11.0. The molecule has 2 fully saturated rings. The first-order valence-corrected chi connectivity index (χ1v) is 12.3.